The van der Waals surface area contributed by atoms with Gasteiger partial charge in [0.1, 0.15) is 5.75 Å². The number of phenols is 1. The summed E-state index contributed by atoms with van der Waals surface area (Å²) in [6.45, 7) is 0.863. The maximum Gasteiger partial charge on any atom is 0.165 e. The Morgan fingerprint density at radius 3 is 3.00 bits per heavy atom. The summed E-state index contributed by atoms with van der Waals surface area (Å²) in [7, 11) is 1.94. The highest BCUT2D eigenvalue weighted by atomic mass is 16.3. The summed E-state index contributed by atoms with van der Waals surface area (Å²) < 4.78 is 0. The zero-order valence-corrected chi connectivity index (χ0v) is 8.16. The smallest absolute Gasteiger partial charge is 0.165 e. The lowest BCUT2D eigenvalue weighted by Crippen LogP contribution is -2.17. The molecule has 0 fully saturated rings. The van der Waals surface area contributed by atoms with E-state index in [4.69, 9.17) is 0 Å². The van der Waals surface area contributed by atoms with Gasteiger partial charge in [0, 0.05) is 31.6 Å². The molecule has 2 rings (SSSR count). The molecule has 0 aromatic heterocycles. The fourth-order valence-corrected chi connectivity index (χ4v) is 1.80. The lowest BCUT2D eigenvalue weighted by molar-refractivity contribution is 0.0984. The number of carbonyl (C=O) groups is 1. The van der Waals surface area contributed by atoms with Crippen LogP contribution in [-0.2, 0) is 0 Å². The first kappa shape index (κ1) is 9.06. The SMILES string of the molecule is CN1CCCC(=O)c2ccc(O)cc21. The first-order valence-electron chi connectivity index (χ1n) is 4.76. The molecule has 0 radical (unpaired) electrons. The number of Topliss-reactive ketones (excluding diaryl/α,β-unsaturated/α-hetero) is 1. The Balaban J connectivity index is 2.54. The highest BCUT2D eigenvalue weighted by Gasteiger charge is 2.18. The summed E-state index contributed by atoms with van der Waals surface area (Å²) in [4.78, 5) is 13.7. The van der Waals surface area contributed by atoms with Gasteiger partial charge in [-0.05, 0) is 18.6 Å². The number of phenolic OH excluding ortho intramolecular Hbond substituents is 1. The maximum atomic E-state index is 11.7. The van der Waals surface area contributed by atoms with E-state index in [0.717, 1.165) is 24.2 Å². The molecule has 74 valence electrons. The summed E-state index contributed by atoms with van der Waals surface area (Å²) in [5.74, 6) is 0.384. The third-order valence-corrected chi connectivity index (χ3v) is 2.59. The van der Waals surface area contributed by atoms with Crippen LogP contribution in [0.4, 0.5) is 5.69 Å². The molecule has 0 bridgehead atoms. The summed E-state index contributed by atoms with van der Waals surface area (Å²) >= 11 is 0. The summed E-state index contributed by atoms with van der Waals surface area (Å²) in [5, 5.41) is 9.35. The summed E-state index contributed by atoms with van der Waals surface area (Å²) in [6.07, 6.45) is 1.48. The molecule has 1 N–H and O–H groups in total. The van der Waals surface area contributed by atoms with Crippen LogP contribution in [0.2, 0.25) is 0 Å². The van der Waals surface area contributed by atoms with Gasteiger partial charge in [-0.2, -0.15) is 0 Å². The zero-order chi connectivity index (χ0) is 10.1. The Labute approximate surface area is 83.0 Å². The molecule has 1 aromatic rings. The monoisotopic (exact) mass is 191 g/mol. The molecule has 1 aliphatic heterocycles. The number of anilines is 1. The van der Waals surface area contributed by atoms with Gasteiger partial charge in [0.15, 0.2) is 5.78 Å². The number of rotatable bonds is 0. The maximum absolute atomic E-state index is 11.7. The Morgan fingerprint density at radius 1 is 1.43 bits per heavy atom. The number of carbonyl (C=O) groups excluding carboxylic acids is 1. The van der Waals surface area contributed by atoms with E-state index in [1.54, 1.807) is 18.2 Å². The Morgan fingerprint density at radius 2 is 2.21 bits per heavy atom. The molecule has 0 spiro atoms. The molecule has 0 atom stereocenters. The minimum atomic E-state index is 0.171. The standard InChI is InChI=1S/C11H13NO2/c1-12-6-2-3-11(14)9-5-4-8(13)7-10(9)12/h4-5,7,13H,2-3,6H2,1H3. The van der Waals surface area contributed by atoms with E-state index < -0.39 is 0 Å². The van der Waals surface area contributed by atoms with Crippen LogP contribution in [0, 0.1) is 0 Å². The Kier molecular flexibility index (Phi) is 2.15. The fourth-order valence-electron chi connectivity index (χ4n) is 1.80. The van der Waals surface area contributed by atoms with Crippen molar-refractivity contribution in [1.29, 1.82) is 0 Å². The van der Waals surface area contributed by atoms with Crippen molar-refractivity contribution in [2.24, 2.45) is 0 Å². The molecule has 3 heteroatoms. The van der Waals surface area contributed by atoms with Gasteiger partial charge in [-0.3, -0.25) is 4.79 Å². The van der Waals surface area contributed by atoms with Crippen LogP contribution in [0.3, 0.4) is 0 Å². The van der Waals surface area contributed by atoms with Gasteiger partial charge >= 0.3 is 0 Å². The minimum Gasteiger partial charge on any atom is -0.508 e. The third kappa shape index (κ3) is 1.45. The van der Waals surface area contributed by atoms with E-state index in [2.05, 4.69) is 0 Å². The number of ketones is 1. The third-order valence-electron chi connectivity index (χ3n) is 2.59. The van der Waals surface area contributed by atoms with E-state index in [1.165, 1.54) is 0 Å². The van der Waals surface area contributed by atoms with Crippen molar-refractivity contribution < 1.29 is 9.90 Å². The highest BCUT2D eigenvalue weighted by Crippen LogP contribution is 2.28. The van der Waals surface area contributed by atoms with E-state index in [-0.39, 0.29) is 11.5 Å². The minimum absolute atomic E-state index is 0.171. The van der Waals surface area contributed by atoms with Gasteiger partial charge in [0.05, 0.1) is 5.69 Å². The van der Waals surface area contributed by atoms with Gasteiger partial charge in [0.25, 0.3) is 0 Å². The number of fused-ring (bicyclic) bond motifs is 1. The molecule has 0 amide bonds. The van der Waals surface area contributed by atoms with E-state index in [1.807, 2.05) is 11.9 Å². The van der Waals surface area contributed by atoms with Crippen LogP contribution in [0.1, 0.15) is 23.2 Å². The average Bonchev–Trinajstić information content (AvgIpc) is 2.28. The lowest BCUT2D eigenvalue weighted by atomic mass is 10.1. The van der Waals surface area contributed by atoms with E-state index >= 15 is 0 Å². The van der Waals surface area contributed by atoms with Crippen LogP contribution in [0.25, 0.3) is 0 Å². The van der Waals surface area contributed by atoms with Crippen LogP contribution in [0.15, 0.2) is 18.2 Å². The molecule has 14 heavy (non-hydrogen) atoms. The number of hydrogen-bond acceptors (Lipinski definition) is 3. The van der Waals surface area contributed by atoms with Gasteiger partial charge in [-0.1, -0.05) is 0 Å². The predicted molar refractivity (Wildman–Crippen MR) is 54.9 cm³/mol. The summed E-state index contributed by atoms with van der Waals surface area (Å²) in [5.41, 5.74) is 1.57. The van der Waals surface area contributed by atoms with Crippen molar-refractivity contribution in [3.8, 4) is 5.75 Å². The number of hydrogen-bond donors (Lipinski definition) is 1. The van der Waals surface area contributed by atoms with Crippen LogP contribution >= 0.6 is 0 Å². The topological polar surface area (TPSA) is 40.5 Å². The molecule has 1 aromatic carbocycles. The Hall–Kier alpha value is -1.51. The molecule has 0 aliphatic carbocycles. The van der Waals surface area contributed by atoms with E-state index in [0.29, 0.717) is 6.42 Å². The second-order valence-electron chi connectivity index (χ2n) is 3.65. The van der Waals surface area contributed by atoms with Crippen molar-refractivity contribution in [3.63, 3.8) is 0 Å². The number of benzene rings is 1. The molecule has 1 aliphatic rings. The van der Waals surface area contributed by atoms with Crippen LogP contribution in [0.5, 0.6) is 5.75 Å². The summed E-state index contributed by atoms with van der Waals surface area (Å²) in [6, 6.07) is 4.92. The Bertz CT molecular complexity index is 374. The highest BCUT2D eigenvalue weighted by molar-refractivity contribution is 6.02. The zero-order valence-electron chi connectivity index (χ0n) is 8.16. The molecule has 1 heterocycles. The number of nitrogens with zero attached hydrogens (tertiary/aromatic N) is 1. The lowest BCUT2D eigenvalue weighted by Gasteiger charge is -2.18. The molecular formula is C11H13NO2. The molecule has 0 saturated carbocycles. The van der Waals surface area contributed by atoms with Crippen molar-refractivity contribution >= 4 is 11.5 Å². The van der Waals surface area contributed by atoms with Crippen molar-refractivity contribution in [1.82, 2.24) is 0 Å². The second kappa shape index (κ2) is 3.33. The molecular weight excluding hydrogens is 178 g/mol. The van der Waals surface area contributed by atoms with Gasteiger partial charge in [0.2, 0.25) is 0 Å². The quantitative estimate of drug-likeness (QED) is 0.679. The van der Waals surface area contributed by atoms with Gasteiger partial charge < -0.3 is 10.0 Å². The molecule has 0 saturated heterocycles. The van der Waals surface area contributed by atoms with Crippen molar-refractivity contribution in [2.45, 2.75) is 12.8 Å². The van der Waals surface area contributed by atoms with Crippen LogP contribution in [-0.4, -0.2) is 24.5 Å². The largest absolute Gasteiger partial charge is 0.508 e. The first-order chi connectivity index (χ1) is 6.68. The molecule has 0 unspecified atom stereocenters. The fraction of sp³-hybridized carbons (Fsp3) is 0.364. The predicted octanol–water partition coefficient (Wildman–Crippen LogP) is 1.80. The van der Waals surface area contributed by atoms with Gasteiger partial charge in [-0.25, -0.2) is 0 Å². The molecule has 3 nitrogen and oxygen atoms in total. The normalized spacial score (nSPS) is 16.4. The number of aromatic hydroxyl groups is 1. The van der Waals surface area contributed by atoms with Crippen LogP contribution < -0.4 is 4.90 Å². The second-order valence-corrected chi connectivity index (χ2v) is 3.65. The average molecular weight is 191 g/mol. The van der Waals surface area contributed by atoms with Crippen molar-refractivity contribution in [2.75, 3.05) is 18.5 Å². The van der Waals surface area contributed by atoms with Crippen molar-refractivity contribution in [3.05, 3.63) is 23.8 Å². The van der Waals surface area contributed by atoms with E-state index in [9.17, 15) is 9.90 Å². The van der Waals surface area contributed by atoms with Gasteiger partial charge in [-0.15, -0.1) is 0 Å². The first-order valence-corrected chi connectivity index (χ1v) is 4.76.